The highest BCUT2D eigenvalue weighted by Crippen LogP contribution is 2.33. The summed E-state index contributed by atoms with van der Waals surface area (Å²) in [6.07, 6.45) is -0.240. The predicted octanol–water partition coefficient (Wildman–Crippen LogP) is 5.05. The molecule has 0 fully saturated rings. The van der Waals surface area contributed by atoms with Gasteiger partial charge in [0.05, 0.1) is 30.9 Å². The first kappa shape index (κ1) is 22.9. The molecule has 0 unspecified atom stereocenters. The first-order valence-corrected chi connectivity index (χ1v) is 10.3. The third-order valence-corrected chi connectivity index (χ3v) is 4.96. The standard InChI is InChI=1S/C25H27N3O4/c1-25(2,3)32-24(30)28(4)15-16-9-11-17(12-10-16)22-18(13-14-26)21-19(23(29)31-5)7-6-8-20(21)27-22/h6-12,27H,13,15H2,1-5H3. The Morgan fingerprint density at radius 3 is 2.41 bits per heavy atom. The largest absolute Gasteiger partial charge is 0.465 e. The minimum atomic E-state index is -0.551. The molecule has 1 heterocycles. The van der Waals surface area contributed by atoms with E-state index >= 15 is 0 Å². The Balaban J connectivity index is 1.93. The van der Waals surface area contributed by atoms with Gasteiger partial charge in [0.2, 0.25) is 0 Å². The topological polar surface area (TPSA) is 95.4 Å². The van der Waals surface area contributed by atoms with Crippen LogP contribution >= 0.6 is 0 Å². The van der Waals surface area contributed by atoms with Gasteiger partial charge < -0.3 is 19.4 Å². The Bertz CT molecular complexity index is 1180. The van der Waals surface area contributed by atoms with Crippen molar-refractivity contribution in [2.24, 2.45) is 0 Å². The zero-order valence-electron chi connectivity index (χ0n) is 19.0. The molecule has 0 spiro atoms. The molecule has 1 aromatic heterocycles. The van der Waals surface area contributed by atoms with Gasteiger partial charge in [-0.15, -0.1) is 0 Å². The van der Waals surface area contributed by atoms with E-state index in [1.807, 2.05) is 51.1 Å². The lowest BCUT2D eigenvalue weighted by Crippen LogP contribution is -2.33. The number of nitriles is 1. The van der Waals surface area contributed by atoms with Crippen LogP contribution in [0.3, 0.4) is 0 Å². The fourth-order valence-electron chi connectivity index (χ4n) is 3.55. The average molecular weight is 434 g/mol. The summed E-state index contributed by atoms with van der Waals surface area (Å²) in [5.74, 6) is -0.444. The summed E-state index contributed by atoms with van der Waals surface area (Å²) < 4.78 is 10.3. The van der Waals surface area contributed by atoms with Gasteiger partial charge in [-0.1, -0.05) is 30.3 Å². The number of aromatic nitrogens is 1. The van der Waals surface area contributed by atoms with Crippen molar-refractivity contribution in [3.63, 3.8) is 0 Å². The Hall–Kier alpha value is -3.79. The molecule has 0 saturated carbocycles. The number of fused-ring (bicyclic) bond motifs is 1. The summed E-state index contributed by atoms with van der Waals surface area (Å²) in [5, 5.41) is 10.1. The minimum absolute atomic E-state index is 0.145. The zero-order valence-corrected chi connectivity index (χ0v) is 19.0. The van der Waals surface area contributed by atoms with Gasteiger partial charge in [-0.05, 0) is 44.0 Å². The minimum Gasteiger partial charge on any atom is -0.465 e. The fourth-order valence-corrected chi connectivity index (χ4v) is 3.55. The third kappa shape index (κ3) is 4.92. The van der Waals surface area contributed by atoms with Crippen LogP contribution < -0.4 is 0 Å². The van der Waals surface area contributed by atoms with Gasteiger partial charge in [-0.3, -0.25) is 0 Å². The summed E-state index contributed by atoms with van der Waals surface area (Å²) in [4.78, 5) is 29.3. The van der Waals surface area contributed by atoms with Gasteiger partial charge in [-0.25, -0.2) is 9.59 Å². The van der Waals surface area contributed by atoms with E-state index in [2.05, 4.69) is 11.1 Å². The predicted molar refractivity (Wildman–Crippen MR) is 122 cm³/mol. The van der Waals surface area contributed by atoms with Crippen LogP contribution in [-0.4, -0.2) is 41.7 Å². The number of esters is 1. The normalized spacial score (nSPS) is 11.1. The number of hydrogen-bond donors (Lipinski definition) is 1. The van der Waals surface area contributed by atoms with Crippen LogP contribution in [0.5, 0.6) is 0 Å². The molecule has 0 bridgehead atoms. The van der Waals surface area contributed by atoms with Crippen molar-refractivity contribution < 1.29 is 19.1 Å². The van der Waals surface area contributed by atoms with E-state index in [0.29, 0.717) is 17.5 Å². The number of H-pyrrole nitrogens is 1. The first-order chi connectivity index (χ1) is 15.1. The molecule has 1 N–H and O–H groups in total. The van der Waals surface area contributed by atoms with E-state index < -0.39 is 11.6 Å². The van der Waals surface area contributed by atoms with Gasteiger partial charge in [0.1, 0.15) is 5.60 Å². The van der Waals surface area contributed by atoms with E-state index in [1.165, 1.54) is 12.0 Å². The molecule has 3 aromatic rings. The van der Waals surface area contributed by atoms with E-state index in [0.717, 1.165) is 27.9 Å². The smallest absolute Gasteiger partial charge is 0.410 e. The number of ether oxygens (including phenoxy) is 2. The molecule has 0 saturated heterocycles. The monoisotopic (exact) mass is 433 g/mol. The van der Waals surface area contributed by atoms with E-state index in [1.54, 1.807) is 19.2 Å². The zero-order chi connectivity index (χ0) is 23.5. The van der Waals surface area contributed by atoms with Gasteiger partial charge in [-0.2, -0.15) is 5.26 Å². The molecule has 0 aliphatic carbocycles. The summed E-state index contributed by atoms with van der Waals surface area (Å²) in [7, 11) is 3.03. The number of benzene rings is 2. The molecule has 2 aromatic carbocycles. The van der Waals surface area contributed by atoms with Crippen LogP contribution in [0, 0.1) is 11.3 Å². The summed E-state index contributed by atoms with van der Waals surface area (Å²) in [6, 6.07) is 15.3. The van der Waals surface area contributed by atoms with Crippen molar-refractivity contribution in [1.29, 1.82) is 5.26 Å². The number of aromatic amines is 1. The lowest BCUT2D eigenvalue weighted by molar-refractivity contribution is 0.0285. The highest BCUT2D eigenvalue weighted by atomic mass is 16.6. The maximum atomic E-state index is 12.3. The summed E-state index contributed by atoms with van der Waals surface area (Å²) in [5.41, 5.74) is 3.99. The van der Waals surface area contributed by atoms with Crippen molar-refractivity contribution in [3.8, 4) is 17.3 Å². The molecule has 0 radical (unpaired) electrons. The molecule has 3 rings (SSSR count). The molecule has 7 heteroatoms. The number of hydrogen-bond acceptors (Lipinski definition) is 5. The van der Waals surface area contributed by atoms with Crippen molar-refractivity contribution in [2.75, 3.05) is 14.2 Å². The molecular formula is C25H27N3O4. The second-order valence-electron chi connectivity index (χ2n) is 8.57. The number of carbonyl (C=O) groups excluding carboxylic acids is 2. The number of rotatable bonds is 5. The quantitative estimate of drug-likeness (QED) is 0.568. The lowest BCUT2D eigenvalue weighted by atomic mass is 9.99. The van der Waals surface area contributed by atoms with Gasteiger partial charge in [0.15, 0.2) is 0 Å². The van der Waals surface area contributed by atoms with E-state index in [9.17, 15) is 14.9 Å². The third-order valence-electron chi connectivity index (χ3n) is 4.96. The van der Waals surface area contributed by atoms with Crippen LogP contribution in [0.2, 0.25) is 0 Å². The molecular weight excluding hydrogens is 406 g/mol. The Morgan fingerprint density at radius 2 is 1.81 bits per heavy atom. The van der Waals surface area contributed by atoms with Crippen molar-refractivity contribution in [2.45, 2.75) is 39.3 Å². The second kappa shape index (κ2) is 9.15. The Labute approximate surface area is 187 Å². The Morgan fingerprint density at radius 1 is 1.12 bits per heavy atom. The lowest BCUT2D eigenvalue weighted by Gasteiger charge is -2.24. The Kier molecular flexibility index (Phi) is 6.54. The maximum absolute atomic E-state index is 12.3. The molecule has 1 amide bonds. The maximum Gasteiger partial charge on any atom is 0.410 e. The first-order valence-electron chi connectivity index (χ1n) is 10.3. The van der Waals surface area contributed by atoms with E-state index in [4.69, 9.17) is 9.47 Å². The molecule has 0 aliphatic rings. The number of nitrogens with one attached hydrogen (secondary N) is 1. The van der Waals surface area contributed by atoms with Crippen molar-refractivity contribution in [3.05, 3.63) is 59.2 Å². The van der Waals surface area contributed by atoms with Crippen LogP contribution in [0.4, 0.5) is 4.79 Å². The highest BCUT2D eigenvalue weighted by molar-refractivity contribution is 6.07. The van der Waals surface area contributed by atoms with Crippen LogP contribution in [0.1, 0.15) is 42.3 Å². The molecule has 0 aliphatic heterocycles. The van der Waals surface area contributed by atoms with Crippen molar-refractivity contribution in [1.82, 2.24) is 9.88 Å². The van der Waals surface area contributed by atoms with Gasteiger partial charge in [0, 0.05) is 30.1 Å². The van der Waals surface area contributed by atoms with E-state index in [-0.39, 0.29) is 12.5 Å². The summed E-state index contributed by atoms with van der Waals surface area (Å²) in [6.45, 7) is 5.90. The number of amides is 1. The van der Waals surface area contributed by atoms with Crippen LogP contribution in [0.15, 0.2) is 42.5 Å². The molecule has 166 valence electrons. The second-order valence-corrected chi connectivity index (χ2v) is 8.57. The fraction of sp³-hybridized carbons (Fsp3) is 0.320. The van der Waals surface area contributed by atoms with Gasteiger partial charge in [0.25, 0.3) is 0 Å². The molecule has 32 heavy (non-hydrogen) atoms. The van der Waals surface area contributed by atoms with Crippen molar-refractivity contribution >= 4 is 23.0 Å². The molecule has 7 nitrogen and oxygen atoms in total. The van der Waals surface area contributed by atoms with Crippen LogP contribution in [-0.2, 0) is 22.4 Å². The SMILES string of the molecule is COC(=O)c1cccc2[nH]c(-c3ccc(CN(C)C(=O)OC(C)(C)C)cc3)c(CC#N)c12. The number of nitrogens with zero attached hydrogens (tertiary/aromatic N) is 2. The average Bonchev–Trinajstić information content (AvgIpc) is 3.11. The number of carbonyl (C=O) groups is 2. The van der Waals surface area contributed by atoms with Crippen LogP contribution in [0.25, 0.3) is 22.2 Å². The molecule has 0 atom stereocenters. The summed E-state index contributed by atoms with van der Waals surface area (Å²) >= 11 is 0. The highest BCUT2D eigenvalue weighted by Gasteiger charge is 2.21. The number of methoxy groups -OCH3 is 1. The van der Waals surface area contributed by atoms with Gasteiger partial charge >= 0.3 is 12.1 Å².